The van der Waals surface area contributed by atoms with Crippen molar-refractivity contribution in [3.8, 4) is 0 Å². The Kier molecular flexibility index (Phi) is 4.93. The summed E-state index contributed by atoms with van der Waals surface area (Å²) in [6, 6.07) is 3.65. The van der Waals surface area contributed by atoms with Crippen molar-refractivity contribution in [1.82, 2.24) is 5.32 Å². The maximum atomic E-state index is 11.1. The Morgan fingerprint density at radius 3 is 3.00 bits per heavy atom. The molecular formula is C9H12ClNO2S. The van der Waals surface area contributed by atoms with Crippen LogP contribution in [0.25, 0.3) is 0 Å². The number of esters is 1. The molecule has 5 heteroatoms. The lowest BCUT2D eigenvalue weighted by Gasteiger charge is -2.02. The van der Waals surface area contributed by atoms with Gasteiger partial charge in [-0.15, -0.1) is 11.3 Å². The van der Waals surface area contributed by atoms with E-state index in [1.807, 2.05) is 6.07 Å². The average Bonchev–Trinajstić information content (AvgIpc) is 2.58. The molecule has 78 valence electrons. The van der Waals surface area contributed by atoms with Crippen LogP contribution in [0.4, 0.5) is 0 Å². The predicted molar refractivity (Wildman–Crippen MR) is 57.7 cm³/mol. The summed E-state index contributed by atoms with van der Waals surface area (Å²) in [5.74, 6) is -0.191. The van der Waals surface area contributed by atoms with Gasteiger partial charge in [-0.05, 0) is 19.2 Å². The quantitative estimate of drug-likeness (QED) is 0.792. The molecule has 1 aromatic heterocycles. The van der Waals surface area contributed by atoms with Gasteiger partial charge < -0.3 is 10.1 Å². The number of hydrogen-bond acceptors (Lipinski definition) is 4. The molecule has 0 aromatic carbocycles. The van der Waals surface area contributed by atoms with Crippen LogP contribution in [0.1, 0.15) is 11.3 Å². The summed E-state index contributed by atoms with van der Waals surface area (Å²) in [4.78, 5) is 12.1. The Bertz CT molecular complexity index is 301. The van der Waals surface area contributed by atoms with E-state index in [1.54, 1.807) is 13.1 Å². The molecule has 0 aliphatic heterocycles. The summed E-state index contributed by atoms with van der Waals surface area (Å²) >= 11 is 7.15. The zero-order valence-electron chi connectivity index (χ0n) is 7.88. The van der Waals surface area contributed by atoms with E-state index in [2.05, 4.69) is 5.32 Å². The van der Waals surface area contributed by atoms with E-state index in [9.17, 15) is 4.79 Å². The minimum Gasteiger partial charge on any atom is -0.460 e. The van der Waals surface area contributed by atoms with E-state index < -0.39 is 0 Å². The molecular weight excluding hydrogens is 222 g/mol. The summed E-state index contributed by atoms with van der Waals surface area (Å²) in [6.45, 7) is 0.962. The van der Waals surface area contributed by atoms with Crippen LogP contribution in [0.3, 0.4) is 0 Å². The fourth-order valence-electron chi connectivity index (χ4n) is 0.880. The third kappa shape index (κ3) is 4.09. The molecule has 0 amide bonds. The molecule has 0 spiro atoms. The fourth-order valence-corrected chi connectivity index (χ4v) is 1.88. The second kappa shape index (κ2) is 6.01. The van der Waals surface area contributed by atoms with Crippen molar-refractivity contribution >= 4 is 28.9 Å². The van der Waals surface area contributed by atoms with E-state index in [0.29, 0.717) is 23.9 Å². The first-order valence-corrected chi connectivity index (χ1v) is 5.46. The third-order valence-electron chi connectivity index (χ3n) is 1.58. The first-order chi connectivity index (χ1) is 6.72. The second-order valence-corrected chi connectivity index (χ2v) is 4.52. The largest absolute Gasteiger partial charge is 0.460 e. The highest BCUT2D eigenvalue weighted by molar-refractivity contribution is 7.16. The van der Waals surface area contributed by atoms with Gasteiger partial charge in [0.2, 0.25) is 0 Å². The number of halogens is 1. The Labute approximate surface area is 92.0 Å². The zero-order valence-corrected chi connectivity index (χ0v) is 9.45. The SMILES string of the molecule is CNCCC(=O)OCc1ccc(Cl)s1. The van der Waals surface area contributed by atoms with Crippen molar-refractivity contribution < 1.29 is 9.53 Å². The van der Waals surface area contributed by atoms with E-state index >= 15 is 0 Å². The van der Waals surface area contributed by atoms with Gasteiger partial charge in [-0.1, -0.05) is 11.6 Å². The van der Waals surface area contributed by atoms with E-state index in [4.69, 9.17) is 16.3 Å². The summed E-state index contributed by atoms with van der Waals surface area (Å²) in [6.07, 6.45) is 0.398. The number of ether oxygens (including phenoxy) is 1. The molecule has 1 rings (SSSR count). The maximum Gasteiger partial charge on any atom is 0.307 e. The van der Waals surface area contributed by atoms with Crippen molar-refractivity contribution in [1.29, 1.82) is 0 Å². The zero-order chi connectivity index (χ0) is 10.4. The number of thiophene rings is 1. The van der Waals surface area contributed by atoms with Crippen molar-refractivity contribution in [2.45, 2.75) is 13.0 Å². The topological polar surface area (TPSA) is 38.3 Å². The standard InChI is InChI=1S/C9H12ClNO2S/c1-11-5-4-9(12)13-6-7-2-3-8(10)14-7/h2-3,11H,4-6H2,1H3. The maximum absolute atomic E-state index is 11.1. The number of carbonyl (C=O) groups excluding carboxylic acids is 1. The van der Waals surface area contributed by atoms with Gasteiger partial charge in [0, 0.05) is 11.4 Å². The molecule has 3 nitrogen and oxygen atoms in total. The Balaban J connectivity index is 2.23. The Morgan fingerprint density at radius 2 is 2.43 bits per heavy atom. The molecule has 0 aliphatic carbocycles. The first-order valence-electron chi connectivity index (χ1n) is 4.27. The lowest BCUT2D eigenvalue weighted by atomic mass is 10.4. The van der Waals surface area contributed by atoms with E-state index in [-0.39, 0.29) is 5.97 Å². The number of nitrogens with one attached hydrogen (secondary N) is 1. The van der Waals surface area contributed by atoms with E-state index in [1.165, 1.54) is 11.3 Å². The van der Waals surface area contributed by atoms with Crippen LogP contribution < -0.4 is 5.32 Å². The smallest absolute Gasteiger partial charge is 0.307 e. The summed E-state index contributed by atoms with van der Waals surface area (Å²) in [5.41, 5.74) is 0. The predicted octanol–water partition coefficient (Wildman–Crippen LogP) is 2.05. The first kappa shape index (κ1) is 11.5. The molecule has 1 heterocycles. The third-order valence-corrected chi connectivity index (χ3v) is 2.79. The van der Waals surface area contributed by atoms with Crippen LogP contribution in [0.5, 0.6) is 0 Å². The molecule has 14 heavy (non-hydrogen) atoms. The molecule has 0 aliphatic rings. The van der Waals surface area contributed by atoms with Crippen molar-refractivity contribution in [2.24, 2.45) is 0 Å². The van der Waals surface area contributed by atoms with Crippen molar-refractivity contribution in [2.75, 3.05) is 13.6 Å². The monoisotopic (exact) mass is 233 g/mol. The van der Waals surface area contributed by atoms with Crippen molar-refractivity contribution in [3.63, 3.8) is 0 Å². The minimum atomic E-state index is -0.191. The average molecular weight is 234 g/mol. The van der Waals surface area contributed by atoms with Crippen LogP contribution >= 0.6 is 22.9 Å². The van der Waals surface area contributed by atoms with Gasteiger partial charge in [-0.2, -0.15) is 0 Å². The van der Waals surface area contributed by atoms with Gasteiger partial charge in [0.05, 0.1) is 10.8 Å². The molecule has 0 unspecified atom stereocenters. The summed E-state index contributed by atoms with van der Waals surface area (Å²) in [5, 5.41) is 2.88. The van der Waals surface area contributed by atoms with Gasteiger partial charge in [0.15, 0.2) is 0 Å². The van der Waals surface area contributed by atoms with Gasteiger partial charge >= 0.3 is 5.97 Å². The lowest BCUT2D eigenvalue weighted by Crippen LogP contribution is -2.14. The van der Waals surface area contributed by atoms with Gasteiger partial charge in [0.1, 0.15) is 6.61 Å². The summed E-state index contributed by atoms with van der Waals surface area (Å²) < 4.78 is 5.73. The fraction of sp³-hybridized carbons (Fsp3) is 0.444. The molecule has 0 atom stereocenters. The van der Waals surface area contributed by atoms with Crippen LogP contribution in [0, 0.1) is 0 Å². The van der Waals surface area contributed by atoms with Gasteiger partial charge in [-0.3, -0.25) is 4.79 Å². The highest BCUT2D eigenvalue weighted by Crippen LogP contribution is 2.21. The van der Waals surface area contributed by atoms with Crippen LogP contribution in [-0.2, 0) is 16.1 Å². The molecule has 1 aromatic rings. The molecule has 0 fully saturated rings. The molecule has 1 N–H and O–H groups in total. The Hall–Kier alpha value is -0.580. The normalized spacial score (nSPS) is 10.1. The highest BCUT2D eigenvalue weighted by atomic mass is 35.5. The highest BCUT2D eigenvalue weighted by Gasteiger charge is 2.03. The van der Waals surface area contributed by atoms with Gasteiger partial charge in [-0.25, -0.2) is 0 Å². The minimum absolute atomic E-state index is 0.191. The Morgan fingerprint density at radius 1 is 1.64 bits per heavy atom. The lowest BCUT2D eigenvalue weighted by molar-refractivity contribution is -0.144. The van der Waals surface area contributed by atoms with Crippen LogP contribution in [-0.4, -0.2) is 19.6 Å². The van der Waals surface area contributed by atoms with Crippen molar-refractivity contribution in [3.05, 3.63) is 21.3 Å². The number of rotatable bonds is 5. The van der Waals surface area contributed by atoms with Gasteiger partial charge in [0.25, 0.3) is 0 Å². The molecule has 0 bridgehead atoms. The second-order valence-electron chi connectivity index (χ2n) is 2.72. The number of hydrogen-bond donors (Lipinski definition) is 1. The number of carbonyl (C=O) groups is 1. The molecule has 0 radical (unpaired) electrons. The molecule has 0 saturated heterocycles. The summed E-state index contributed by atoms with van der Waals surface area (Å²) in [7, 11) is 1.80. The molecule has 0 saturated carbocycles. The van der Waals surface area contributed by atoms with Crippen LogP contribution in [0.2, 0.25) is 4.34 Å². The van der Waals surface area contributed by atoms with Crippen LogP contribution in [0.15, 0.2) is 12.1 Å². The van der Waals surface area contributed by atoms with E-state index in [0.717, 1.165) is 4.88 Å².